The number of nitrogens with one attached hydrogen (secondary N) is 1. The molecule has 1 unspecified atom stereocenters. The molecule has 0 radical (unpaired) electrons. The molecular formula is C17H22ClNO3S. The Balaban J connectivity index is 2.08. The number of hydrogen-bond donors (Lipinski definition) is 2. The third-order valence-electron chi connectivity index (χ3n) is 3.54. The number of rotatable bonds is 9. The highest BCUT2D eigenvalue weighted by Gasteiger charge is 2.13. The maximum absolute atomic E-state index is 9.23. The van der Waals surface area contributed by atoms with Crippen LogP contribution in [0, 0.1) is 0 Å². The summed E-state index contributed by atoms with van der Waals surface area (Å²) in [5.74, 6) is 1.17. The highest BCUT2D eigenvalue weighted by atomic mass is 35.5. The normalized spacial score (nSPS) is 12.2. The van der Waals surface area contributed by atoms with Crippen molar-refractivity contribution in [3.63, 3.8) is 0 Å². The number of hydrogen-bond acceptors (Lipinski definition) is 5. The van der Waals surface area contributed by atoms with Gasteiger partial charge in [0, 0.05) is 17.5 Å². The molecule has 2 rings (SSSR count). The number of methoxy groups -OCH3 is 1. The number of aliphatic hydroxyl groups is 1. The second-order valence-corrected chi connectivity index (χ2v) is 6.59. The monoisotopic (exact) mass is 355 g/mol. The van der Waals surface area contributed by atoms with Gasteiger partial charge in [-0.3, -0.25) is 0 Å². The zero-order valence-corrected chi connectivity index (χ0v) is 14.9. The van der Waals surface area contributed by atoms with Crippen LogP contribution < -0.4 is 14.8 Å². The molecule has 0 amide bonds. The summed E-state index contributed by atoms with van der Waals surface area (Å²) in [6.45, 7) is 3.22. The SMILES string of the molecule is CCC(CO)NCc1cc(Cl)c(OCc2cccs2)c(OC)c1. The van der Waals surface area contributed by atoms with Gasteiger partial charge in [0.15, 0.2) is 11.5 Å². The molecule has 2 aromatic rings. The molecule has 2 N–H and O–H groups in total. The second-order valence-electron chi connectivity index (χ2n) is 5.15. The van der Waals surface area contributed by atoms with E-state index < -0.39 is 0 Å². The molecule has 0 aliphatic carbocycles. The van der Waals surface area contributed by atoms with Gasteiger partial charge in [0.05, 0.1) is 18.7 Å². The second kappa shape index (κ2) is 9.13. The summed E-state index contributed by atoms with van der Waals surface area (Å²) in [5.41, 5.74) is 0.988. The third-order valence-corrected chi connectivity index (χ3v) is 4.67. The third kappa shape index (κ3) is 5.11. The van der Waals surface area contributed by atoms with Gasteiger partial charge in [-0.15, -0.1) is 11.3 Å². The lowest BCUT2D eigenvalue weighted by atomic mass is 10.1. The molecule has 0 aliphatic heterocycles. The quantitative estimate of drug-likeness (QED) is 0.717. The van der Waals surface area contributed by atoms with Gasteiger partial charge in [-0.1, -0.05) is 24.6 Å². The van der Waals surface area contributed by atoms with Crippen molar-refractivity contribution in [3.05, 3.63) is 45.1 Å². The first-order valence-corrected chi connectivity index (χ1v) is 8.79. The summed E-state index contributed by atoms with van der Waals surface area (Å²) in [6.07, 6.45) is 0.864. The van der Waals surface area contributed by atoms with Crippen LogP contribution in [0.2, 0.25) is 5.02 Å². The Kier molecular flexibility index (Phi) is 7.17. The lowest BCUT2D eigenvalue weighted by Crippen LogP contribution is -2.31. The maximum Gasteiger partial charge on any atom is 0.180 e. The van der Waals surface area contributed by atoms with Crippen molar-refractivity contribution in [1.82, 2.24) is 5.32 Å². The lowest BCUT2D eigenvalue weighted by molar-refractivity contribution is 0.238. The lowest BCUT2D eigenvalue weighted by Gasteiger charge is -2.16. The van der Waals surface area contributed by atoms with Crippen LogP contribution in [0.15, 0.2) is 29.6 Å². The molecule has 4 nitrogen and oxygen atoms in total. The number of thiophene rings is 1. The van der Waals surface area contributed by atoms with E-state index in [0.717, 1.165) is 16.9 Å². The fourth-order valence-electron chi connectivity index (χ4n) is 2.15. The Morgan fingerprint density at radius 3 is 2.83 bits per heavy atom. The fraction of sp³-hybridized carbons (Fsp3) is 0.412. The van der Waals surface area contributed by atoms with Gasteiger partial charge in [0.1, 0.15) is 6.61 Å². The van der Waals surface area contributed by atoms with E-state index in [0.29, 0.717) is 29.7 Å². The maximum atomic E-state index is 9.23. The van der Waals surface area contributed by atoms with Crippen LogP contribution in [0.3, 0.4) is 0 Å². The van der Waals surface area contributed by atoms with Gasteiger partial charge < -0.3 is 19.9 Å². The molecule has 23 heavy (non-hydrogen) atoms. The fourth-order valence-corrected chi connectivity index (χ4v) is 3.06. The summed E-state index contributed by atoms with van der Waals surface area (Å²) in [7, 11) is 1.60. The average Bonchev–Trinajstić information content (AvgIpc) is 3.07. The minimum atomic E-state index is 0.0783. The van der Waals surface area contributed by atoms with Crippen molar-refractivity contribution >= 4 is 22.9 Å². The van der Waals surface area contributed by atoms with E-state index >= 15 is 0 Å². The molecule has 6 heteroatoms. The van der Waals surface area contributed by atoms with Crippen molar-refractivity contribution < 1.29 is 14.6 Å². The smallest absolute Gasteiger partial charge is 0.180 e. The first-order valence-electron chi connectivity index (χ1n) is 7.53. The van der Waals surface area contributed by atoms with Crippen LogP contribution in [-0.4, -0.2) is 24.9 Å². The molecule has 1 aromatic carbocycles. The largest absolute Gasteiger partial charge is 0.493 e. The van der Waals surface area contributed by atoms with Crippen molar-refractivity contribution in [1.29, 1.82) is 0 Å². The summed E-state index contributed by atoms with van der Waals surface area (Å²) >= 11 is 8.00. The predicted molar refractivity (Wildman–Crippen MR) is 94.7 cm³/mol. The molecule has 1 aromatic heterocycles. The average molecular weight is 356 g/mol. The van der Waals surface area contributed by atoms with E-state index in [1.807, 2.05) is 36.6 Å². The van der Waals surface area contributed by atoms with E-state index in [1.165, 1.54) is 0 Å². The van der Waals surface area contributed by atoms with E-state index in [1.54, 1.807) is 18.4 Å². The Labute approximate surface area is 146 Å². The highest BCUT2D eigenvalue weighted by Crippen LogP contribution is 2.37. The Hall–Kier alpha value is -1.27. The van der Waals surface area contributed by atoms with Gasteiger partial charge in [0.25, 0.3) is 0 Å². The minimum Gasteiger partial charge on any atom is -0.493 e. The van der Waals surface area contributed by atoms with Crippen LogP contribution in [0.1, 0.15) is 23.8 Å². The van der Waals surface area contributed by atoms with E-state index in [9.17, 15) is 5.11 Å². The van der Waals surface area contributed by atoms with Gasteiger partial charge in [-0.05, 0) is 35.6 Å². The van der Waals surface area contributed by atoms with Crippen LogP contribution >= 0.6 is 22.9 Å². The molecule has 0 saturated carbocycles. The zero-order chi connectivity index (χ0) is 16.7. The molecule has 0 spiro atoms. The summed E-state index contributed by atoms with van der Waals surface area (Å²) in [6, 6.07) is 7.86. The van der Waals surface area contributed by atoms with Crippen LogP contribution in [0.5, 0.6) is 11.5 Å². The summed E-state index contributed by atoms with van der Waals surface area (Å²) < 4.78 is 11.2. The zero-order valence-electron chi connectivity index (χ0n) is 13.3. The number of aliphatic hydroxyl groups excluding tert-OH is 1. The minimum absolute atomic E-state index is 0.0783. The Bertz CT molecular complexity index is 600. The number of halogens is 1. The van der Waals surface area contributed by atoms with Crippen LogP contribution in [0.4, 0.5) is 0 Å². The van der Waals surface area contributed by atoms with Crippen molar-refractivity contribution in [2.75, 3.05) is 13.7 Å². The van der Waals surface area contributed by atoms with Gasteiger partial charge in [-0.25, -0.2) is 0 Å². The first kappa shape index (κ1) is 18.1. The van der Waals surface area contributed by atoms with Crippen molar-refractivity contribution in [2.24, 2.45) is 0 Å². The first-order chi connectivity index (χ1) is 11.2. The van der Waals surface area contributed by atoms with Crippen molar-refractivity contribution in [2.45, 2.75) is 32.5 Å². The molecule has 0 aliphatic rings. The topological polar surface area (TPSA) is 50.7 Å². The summed E-state index contributed by atoms with van der Waals surface area (Å²) in [5, 5.41) is 15.1. The predicted octanol–water partition coefficient (Wildman–Crippen LogP) is 3.85. The molecular weight excluding hydrogens is 334 g/mol. The summed E-state index contributed by atoms with van der Waals surface area (Å²) in [4.78, 5) is 1.13. The molecule has 1 heterocycles. The van der Waals surface area contributed by atoms with Crippen LogP contribution in [0.25, 0.3) is 0 Å². The van der Waals surface area contributed by atoms with Gasteiger partial charge in [0.2, 0.25) is 0 Å². The number of benzene rings is 1. The van der Waals surface area contributed by atoms with E-state index in [2.05, 4.69) is 5.32 Å². The molecule has 0 fully saturated rings. The van der Waals surface area contributed by atoms with Crippen molar-refractivity contribution in [3.8, 4) is 11.5 Å². The number of ether oxygens (including phenoxy) is 2. The molecule has 0 bridgehead atoms. The standard InChI is InChI=1S/C17H22ClNO3S/c1-3-13(10-20)19-9-12-7-15(18)17(16(8-12)21-2)22-11-14-5-4-6-23-14/h4-8,13,19-20H,3,9-11H2,1-2H3. The molecule has 1 atom stereocenters. The van der Waals surface area contributed by atoms with E-state index in [4.69, 9.17) is 21.1 Å². The Morgan fingerprint density at radius 1 is 1.39 bits per heavy atom. The van der Waals surface area contributed by atoms with Gasteiger partial charge >= 0.3 is 0 Å². The molecule has 0 saturated heterocycles. The van der Waals surface area contributed by atoms with E-state index in [-0.39, 0.29) is 12.6 Å². The van der Waals surface area contributed by atoms with Crippen LogP contribution in [-0.2, 0) is 13.2 Å². The highest BCUT2D eigenvalue weighted by molar-refractivity contribution is 7.09. The van der Waals surface area contributed by atoms with Gasteiger partial charge in [-0.2, -0.15) is 0 Å². The molecule has 126 valence electrons. The Morgan fingerprint density at radius 2 is 2.22 bits per heavy atom.